The predicted molar refractivity (Wildman–Crippen MR) is 102 cm³/mol. The number of hydrogen-bond donors (Lipinski definition) is 0. The Labute approximate surface area is 160 Å². The third kappa shape index (κ3) is 2.93. The Balaban J connectivity index is 1.91. The SMILES string of the molecule is COC(=O)c1ccn2c(C)c(-c3ccccc3-c3ccc(F)cc3F)nc2c1. The van der Waals surface area contributed by atoms with Crippen molar-refractivity contribution >= 4 is 11.6 Å². The summed E-state index contributed by atoms with van der Waals surface area (Å²) in [7, 11) is 1.32. The molecule has 2 aromatic heterocycles. The summed E-state index contributed by atoms with van der Waals surface area (Å²) in [6.45, 7) is 1.89. The topological polar surface area (TPSA) is 43.6 Å². The van der Waals surface area contributed by atoms with E-state index in [-0.39, 0.29) is 0 Å². The van der Waals surface area contributed by atoms with Gasteiger partial charge in [0, 0.05) is 29.1 Å². The number of esters is 1. The maximum atomic E-state index is 14.4. The van der Waals surface area contributed by atoms with Crippen molar-refractivity contribution in [3.63, 3.8) is 0 Å². The van der Waals surface area contributed by atoms with Gasteiger partial charge in [0.1, 0.15) is 17.3 Å². The van der Waals surface area contributed by atoms with Gasteiger partial charge in [-0.05, 0) is 36.8 Å². The number of methoxy groups -OCH3 is 1. The third-order valence-electron chi connectivity index (χ3n) is 4.69. The van der Waals surface area contributed by atoms with Gasteiger partial charge in [-0.25, -0.2) is 18.6 Å². The smallest absolute Gasteiger partial charge is 0.338 e. The van der Waals surface area contributed by atoms with Gasteiger partial charge < -0.3 is 9.14 Å². The van der Waals surface area contributed by atoms with Crippen LogP contribution in [0.1, 0.15) is 16.1 Å². The number of nitrogens with zero attached hydrogens (tertiary/aromatic N) is 2. The second-order valence-electron chi connectivity index (χ2n) is 6.35. The summed E-state index contributed by atoms with van der Waals surface area (Å²) in [5.41, 5.74) is 4.08. The van der Waals surface area contributed by atoms with E-state index in [9.17, 15) is 13.6 Å². The summed E-state index contributed by atoms with van der Waals surface area (Å²) in [6, 6.07) is 14.1. The van der Waals surface area contributed by atoms with E-state index in [2.05, 4.69) is 4.98 Å². The Morgan fingerprint density at radius 3 is 2.46 bits per heavy atom. The van der Waals surface area contributed by atoms with E-state index >= 15 is 0 Å². The number of carbonyl (C=O) groups excluding carboxylic acids is 1. The van der Waals surface area contributed by atoms with Gasteiger partial charge in [0.2, 0.25) is 0 Å². The van der Waals surface area contributed by atoms with Crippen molar-refractivity contribution in [1.29, 1.82) is 0 Å². The number of benzene rings is 2. The number of hydrogen-bond acceptors (Lipinski definition) is 3. The highest BCUT2D eigenvalue weighted by atomic mass is 19.1. The molecule has 0 N–H and O–H groups in total. The van der Waals surface area contributed by atoms with E-state index < -0.39 is 17.6 Å². The standard InChI is InChI=1S/C22H16F2N2O2/c1-13-21(25-20-11-14(22(27)28-2)9-10-26(13)20)18-6-4-3-5-16(18)17-8-7-15(23)12-19(17)24/h3-12H,1-2H3. The average Bonchev–Trinajstić information content (AvgIpc) is 3.03. The van der Waals surface area contributed by atoms with Crippen molar-refractivity contribution in [1.82, 2.24) is 9.38 Å². The van der Waals surface area contributed by atoms with Gasteiger partial charge in [-0.1, -0.05) is 24.3 Å². The molecule has 0 aliphatic heterocycles. The van der Waals surface area contributed by atoms with Crippen molar-refractivity contribution < 1.29 is 18.3 Å². The number of imidazole rings is 1. The lowest BCUT2D eigenvalue weighted by Gasteiger charge is -2.10. The van der Waals surface area contributed by atoms with Crippen LogP contribution >= 0.6 is 0 Å². The van der Waals surface area contributed by atoms with E-state index in [1.54, 1.807) is 30.5 Å². The van der Waals surface area contributed by atoms with Gasteiger partial charge in [0.15, 0.2) is 0 Å². The zero-order chi connectivity index (χ0) is 19.8. The molecule has 2 aromatic carbocycles. The van der Waals surface area contributed by atoms with Crippen LogP contribution in [0.25, 0.3) is 28.0 Å². The number of pyridine rings is 1. The zero-order valence-corrected chi connectivity index (χ0v) is 15.2. The first-order chi connectivity index (χ1) is 13.5. The minimum absolute atomic E-state index is 0.295. The highest BCUT2D eigenvalue weighted by Gasteiger charge is 2.18. The van der Waals surface area contributed by atoms with E-state index in [4.69, 9.17) is 4.74 Å². The van der Waals surface area contributed by atoms with Gasteiger partial charge in [-0.15, -0.1) is 0 Å². The van der Waals surface area contributed by atoms with Gasteiger partial charge in [0.25, 0.3) is 0 Å². The van der Waals surface area contributed by atoms with Crippen LogP contribution in [0.5, 0.6) is 0 Å². The van der Waals surface area contributed by atoms with Gasteiger partial charge in [0.05, 0.1) is 18.4 Å². The number of aromatic nitrogens is 2. The molecule has 0 atom stereocenters. The van der Waals surface area contributed by atoms with Crippen LogP contribution in [-0.2, 0) is 4.74 Å². The number of aryl methyl sites for hydroxylation is 1. The Morgan fingerprint density at radius 1 is 1.00 bits per heavy atom. The monoisotopic (exact) mass is 378 g/mol. The van der Waals surface area contributed by atoms with Crippen LogP contribution in [0.2, 0.25) is 0 Å². The maximum Gasteiger partial charge on any atom is 0.338 e. The fourth-order valence-corrected chi connectivity index (χ4v) is 3.30. The molecule has 0 spiro atoms. The molecule has 0 bridgehead atoms. The molecule has 140 valence electrons. The van der Waals surface area contributed by atoms with E-state index in [1.165, 1.54) is 19.2 Å². The first kappa shape index (κ1) is 17.9. The molecule has 0 saturated heterocycles. The minimum atomic E-state index is -0.637. The Bertz CT molecular complexity index is 1210. The number of halogens is 2. The quantitative estimate of drug-likeness (QED) is 0.469. The lowest BCUT2D eigenvalue weighted by Crippen LogP contribution is -2.02. The minimum Gasteiger partial charge on any atom is -0.465 e. The lowest BCUT2D eigenvalue weighted by molar-refractivity contribution is 0.0600. The second kappa shape index (κ2) is 6.88. The molecule has 2 heterocycles. The molecule has 4 rings (SSSR count). The Hall–Kier alpha value is -3.54. The fourth-order valence-electron chi connectivity index (χ4n) is 3.30. The molecule has 0 radical (unpaired) electrons. The summed E-state index contributed by atoms with van der Waals surface area (Å²) in [5.74, 6) is -1.71. The summed E-state index contributed by atoms with van der Waals surface area (Å²) in [5, 5.41) is 0. The van der Waals surface area contributed by atoms with Crippen molar-refractivity contribution in [2.75, 3.05) is 7.11 Å². The van der Waals surface area contributed by atoms with E-state index in [1.807, 2.05) is 23.5 Å². The lowest BCUT2D eigenvalue weighted by atomic mass is 9.96. The zero-order valence-electron chi connectivity index (χ0n) is 15.2. The molecule has 0 unspecified atom stereocenters. The number of ether oxygens (including phenoxy) is 1. The van der Waals surface area contributed by atoms with Gasteiger partial charge in [-0.3, -0.25) is 0 Å². The van der Waals surface area contributed by atoms with Gasteiger partial charge >= 0.3 is 5.97 Å². The normalized spacial score (nSPS) is 11.0. The van der Waals surface area contributed by atoms with Crippen molar-refractivity contribution in [3.05, 3.63) is 83.7 Å². The molecule has 28 heavy (non-hydrogen) atoms. The van der Waals surface area contributed by atoms with Crippen LogP contribution < -0.4 is 0 Å². The van der Waals surface area contributed by atoms with E-state index in [0.29, 0.717) is 33.6 Å². The van der Waals surface area contributed by atoms with Gasteiger partial charge in [-0.2, -0.15) is 0 Å². The summed E-state index contributed by atoms with van der Waals surface area (Å²) < 4.78 is 34.3. The average molecular weight is 378 g/mol. The van der Waals surface area contributed by atoms with Crippen LogP contribution in [0, 0.1) is 18.6 Å². The number of carbonyl (C=O) groups is 1. The number of fused-ring (bicyclic) bond motifs is 1. The molecular weight excluding hydrogens is 362 g/mol. The first-order valence-corrected chi connectivity index (χ1v) is 8.61. The van der Waals surface area contributed by atoms with Crippen molar-refractivity contribution in [2.45, 2.75) is 6.92 Å². The fraction of sp³-hybridized carbons (Fsp3) is 0.0909. The van der Waals surface area contributed by atoms with Crippen molar-refractivity contribution in [2.24, 2.45) is 0 Å². The van der Waals surface area contributed by atoms with Crippen molar-refractivity contribution in [3.8, 4) is 22.4 Å². The molecule has 0 aliphatic rings. The van der Waals surface area contributed by atoms with E-state index in [0.717, 1.165) is 11.8 Å². The molecule has 0 aliphatic carbocycles. The second-order valence-corrected chi connectivity index (χ2v) is 6.35. The predicted octanol–water partition coefficient (Wildman–Crippen LogP) is 5.04. The van der Waals surface area contributed by atoms with Crippen LogP contribution in [-0.4, -0.2) is 22.5 Å². The Kier molecular flexibility index (Phi) is 4.39. The Morgan fingerprint density at radius 2 is 1.75 bits per heavy atom. The number of rotatable bonds is 3. The molecule has 4 nitrogen and oxygen atoms in total. The van der Waals surface area contributed by atoms with Crippen LogP contribution in [0.3, 0.4) is 0 Å². The highest BCUT2D eigenvalue weighted by Crippen LogP contribution is 2.35. The first-order valence-electron chi connectivity index (χ1n) is 8.61. The third-order valence-corrected chi connectivity index (χ3v) is 4.69. The molecular formula is C22H16F2N2O2. The summed E-state index contributed by atoms with van der Waals surface area (Å²) in [6.07, 6.45) is 1.74. The maximum absolute atomic E-state index is 14.4. The van der Waals surface area contributed by atoms with Crippen LogP contribution in [0.15, 0.2) is 60.8 Å². The molecule has 4 aromatic rings. The summed E-state index contributed by atoms with van der Waals surface area (Å²) in [4.78, 5) is 16.4. The molecule has 0 fully saturated rings. The molecule has 6 heteroatoms. The van der Waals surface area contributed by atoms with Crippen LogP contribution in [0.4, 0.5) is 8.78 Å². The molecule has 0 amide bonds. The highest BCUT2D eigenvalue weighted by molar-refractivity contribution is 5.91. The summed E-state index contributed by atoms with van der Waals surface area (Å²) >= 11 is 0. The molecule has 0 saturated carbocycles. The largest absolute Gasteiger partial charge is 0.465 e.